The molecule has 0 amide bonds. The van der Waals surface area contributed by atoms with Crippen molar-refractivity contribution in [2.24, 2.45) is 0 Å². The quantitative estimate of drug-likeness (QED) is 0.268. The van der Waals surface area contributed by atoms with Gasteiger partial charge in [0.1, 0.15) is 0 Å². The summed E-state index contributed by atoms with van der Waals surface area (Å²) in [4.78, 5) is 0. The van der Waals surface area contributed by atoms with Crippen LogP contribution in [0.1, 0.15) is 0 Å². The zero-order valence-corrected chi connectivity index (χ0v) is 19.0. The summed E-state index contributed by atoms with van der Waals surface area (Å²) in [5.41, 5.74) is 3.40. The second kappa shape index (κ2) is 8.29. The highest BCUT2D eigenvalue weighted by Gasteiger charge is 2.14. The van der Waals surface area contributed by atoms with E-state index in [-0.39, 0.29) is 0 Å². The minimum Gasteiger partial charge on any atom is -0.416 e. The summed E-state index contributed by atoms with van der Waals surface area (Å²) in [5, 5.41) is 21.6. The topological polar surface area (TPSA) is 77.8 Å². The van der Waals surface area contributed by atoms with Gasteiger partial charge in [-0.3, -0.25) is 0 Å². The van der Waals surface area contributed by atoms with Crippen LogP contribution >= 0.6 is 0 Å². The van der Waals surface area contributed by atoms with Gasteiger partial charge < -0.3 is 8.83 Å². The Kier molecular flexibility index (Phi) is 4.67. The molecule has 170 valence electrons. The zero-order valence-electron chi connectivity index (χ0n) is 19.0. The Balaban J connectivity index is 1.14. The summed E-state index contributed by atoms with van der Waals surface area (Å²) in [6.07, 6.45) is 0. The number of rotatable bonds is 4. The molecule has 0 spiro atoms. The van der Waals surface area contributed by atoms with E-state index in [9.17, 15) is 0 Å². The molecule has 2 heterocycles. The fourth-order valence-electron chi connectivity index (χ4n) is 4.31. The number of hydrogen-bond donors (Lipinski definition) is 0. The van der Waals surface area contributed by atoms with Crippen LogP contribution in [0.4, 0.5) is 0 Å². The molecule has 36 heavy (non-hydrogen) atoms. The average molecular weight is 467 g/mol. The van der Waals surface area contributed by atoms with Crippen LogP contribution in [0.3, 0.4) is 0 Å². The van der Waals surface area contributed by atoms with Crippen molar-refractivity contribution in [1.29, 1.82) is 0 Å². The molecule has 0 N–H and O–H groups in total. The van der Waals surface area contributed by atoms with E-state index < -0.39 is 0 Å². The maximum atomic E-state index is 5.97. The lowest BCUT2D eigenvalue weighted by Crippen LogP contribution is -1.81. The van der Waals surface area contributed by atoms with Crippen molar-refractivity contribution in [3.8, 4) is 45.8 Å². The van der Waals surface area contributed by atoms with Gasteiger partial charge in [0.2, 0.25) is 23.6 Å². The monoisotopic (exact) mass is 466 g/mol. The van der Waals surface area contributed by atoms with Crippen LogP contribution in [0.25, 0.3) is 67.4 Å². The van der Waals surface area contributed by atoms with Crippen LogP contribution in [0, 0.1) is 0 Å². The van der Waals surface area contributed by atoms with Gasteiger partial charge in [0.25, 0.3) is 0 Å². The van der Waals surface area contributed by atoms with E-state index in [0.29, 0.717) is 23.6 Å². The second-order valence-corrected chi connectivity index (χ2v) is 8.53. The predicted octanol–water partition coefficient (Wildman–Crippen LogP) is 7.43. The third-order valence-electron chi connectivity index (χ3n) is 6.22. The average Bonchev–Trinajstić information content (AvgIpc) is 3.64. The van der Waals surface area contributed by atoms with E-state index in [1.54, 1.807) is 0 Å². The lowest BCUT2D eigenvalue weighted by atomic mass is 10.1. The van der Waals surface area contributed by atoms with Crippen LogP contribution in [0.15, 0.2) is 118 Å². The molecule has 0 aliphatic rings. The smallest absolute Gasteiger partial charge is 0.248 e. The Labute approximate surface area is 205 Å². The molecule has 0 bridgehead atoms. The largest absolute Gasteiger partial charge is 0.416 e. The summed E-state index contributed by atoms with van der Waals surface area (Å²) in [5.74, 6) is 1.87. The molecule has 0 atom stereocenters. The van der Waals surface area contributed by atoms with E-state index in [0.717, 1.165) is 33.0 Å². The predicted molar refractivity (Wildman–Crippen MR) is 139 cm³/mol. The summed E-state index contributed by atoms with van der Waals surface area (Å²) in [6, 6.07) is 36.2. The molecule has 0 radical (unpaired) electrons. The van der Waals surface area contributed by atoms with Gasteiger partial charge in [0, 0.05) is 22.3 Å². The highest BCUT2D eigenvalue weighted by atomic mass is 16.4. The van der Waals surface area contributed by atoms with Gasteiger partial charge in [-0.25, -0.2) is 0 Å². The first-order valence-electron chi connectivity index (χ1n) is 11.6. The second-order valence-electron chi connectivity index (χ2n) is 8.53. The summed E-state index contributed by atoms with van der Waals surface area (Å²) < 4.78 is 11.9. The SMILES string of the molecule is c1ccc2cc(-c3nnc(-c4ccc(-c5nnc(-c6ccc7ccccc7c6)o5)cc4)o3)ccc2c1. The molecule has 7 aromatic rings. The molecule has 0 saturated carbocycles. The summed E-state index contributed by atoms with van der Waals surface area (Å²) >= 11 is 0. The first kappa shape index (κ1) is 20.3. The number of nitrogens with zero attached hydrogens (tertiary/aromatic N) is 4. The molecule has 0 aliphatic carbocycles. The third-order valence-corrected chi connectivity index (χ3v) is 6.22. The van der Waals surface area contributed by atoms with Crippen LogP contribution < -0.4 is 0 Å². The molecule has 7 rings (SSSR count). The van der Waals surface area contributed by atoms with Crippen LogP contribution in [-0.4, -0.2) is 20.4 Å². The minimum atomic E-state index is 0.451. The van der Waals surface area contributed by atoms with Crippen molar-refractivity contribution in [2.75, 3.05) is 0 Å². The van der Waals surface area contributed by atoms with Crippen molar-refractivity contribution in [2.45, 2.75) is 0 Å². The molecule has 0 unspecified atom stereocenters. The van der Waals surface area contributed by atoms with Gasteiger partial charge in [-0.05, 0) is 70.1 Å². The van der Waals surface area contributed by atoms with Gasteiger partial charge in [0.05, 0.1) is 0 Å². The third kappa shape index (κ3) is 3.61. The Morgan fingerprint density at radius 2 is 0.667 bits per heavy atom. The van der Waals surface area contributed by atoms with Gasteiger partial charge in [-0.2, -0.15) is 0 Å². The molecule has 0 aliphatic heterocycles. The first-order chi connectivity index (χ1) is 17.8. The molecule has 6 nitrogen and oxygen atoms in total. The first-order valence-corrected chi connectivity index (χ1v) is 11.6. The fraction of sp³-hybridized carbons (Fsp3) is 0. The number of aromatic nitrogens is 4. The Morgan fingerprint density at radius 1 is 0.333 bits per heavy atom. The molecular weight excluding hydrogens is 448 g/mol. The Hall–Kier alpha value is -5.10. The van der Waals surface area contributed by atoms with Crippen molar-refractivity contribution in [3.63, 3.8) is 0 Å². The van der Waals surface area contributed by atoms with Crippen molar-refractivity contribution >= 4 is 21.5 Å². The summed E-state index contributed by atoms with van der Waals surface area (Å²) in [6.45, 7) is 0. The van der Waals surface area contributed by atoms with Crippen LogP contribution in [0.2, 0.25) is 0 Å². The van der Waals surface area contributed by atoms with Crippen LogP contribution in [-0.2, 0) is 0 Å². The van der Waals surface area contributed by atoms with Gasteiger partial charge in [-0.15, -0.1) is 20.4 Å². The molecule has 0 fully saturated rings. The maximum Gasteiger partial charge on any atom is 0.248 e. The van der Waals surface area contributed by atoms with E-state index >= 15 is 0 Å². The van der Waals surface area contributed by atoms with Crippen molar-refractivity contribution in [1.82, 2.24) is 20.4 Å². The minimum absolute atomic E-state index is 0.451. The molecule has 2 aromatic heterocycles. The van der Waals surface area contributed by atoms with E-state index in [2.05, 4.69) is 68.9 Å². The number of fused-ring (bicyclic) bond motifs is 2. The lowest BCUT2D eigenvalue weighted by Gasteiger charge is -2.00. The standard InChI is InChI=1S/C30H18N4O2/c1-3-7-23-17-25(15-9-19(23)5-1)29-33-31-27(35-29)21-11-13-22(14-12-21)28-32-34-30(36-28)26-16-10-20-6-2-4-8-24(20)18-26/h1-18H. The normalized spacial score (nSPS) is 11.3. The maximum absolute atomic E-state index is 5.97. The fourth-order valence-corrected chi connectivity index (χ4v) is 4.31. The van der Waals surface area contributed by atoms with Crippen molar-refractivity contribution < 1.29 is 8.83 Å². The van der Waals surface area contributed by atoms with E-state index in [4.69, 9.17) is 8.83 Å². The lowest BCUT2D eigenvalue weighted by molar-refractivity contribution is 0.583. The van der Waals surface area contributed by atoms with Gasteiger partial charge >= 0.3 is 0 Å². The number of benzene rings is 5. The highest BCUT2D eigenvalue weighted by molar-refractivity contribution is 5.87. The highest BCUT2D eigenvalue weighted by Crippen LogP contribution is 2.30. The van der Waals surface area contributed by atoms with Gasteiger partial charge in [-0.1, -0.05) is 60.7 Å². The molecular formula is C30H18N4O2. The number of hydrogen-bond acceptors (Lipinski definition) is 6. The molecule has 5 aromatic carbocycles. The van der Waals surface area contributed by atoms with E-state index in [1.807, 2.05) is 60.7 Å². The molecule has 6 heteroatoms. The van der Waals surface area contributed by atoms with Crippen molar-refractivity contribution in [3.05, 3.63) is 109 Å². The van der Waals surface area contributed by atoms with Gasteiger partial charge in [0.15, 0.2) is 0 Å². The zero-order chi connectivity index (χ0) is 23.9. The molecule has 0 saturated heterocycles. The summed E-state index contributed by atoms with van der Waals surface area (Å²) in [7, 11) is 0. The Bertz CT molecular complexity index is 1710. The Morgan fingerprint density at radius 3 is 1.08 bits per heavy atom. The van der Waals surface area contributed by atoms with E-state index in [1.165, 1.54) is 10.8 Å². The van der Waals surface area contributed by atoms with Crippen LogP contribution in [0.5, 0.6) is 0 Å².